The van der Waals surface area contributed by atoms with Crippen molar-refractivity contribution in [3.8, 4) is 5.75 Å². The Morgan fingerprint density at radius 1 is 0.900 bits per heavy atom. The van der Waals surface area contributed by atoms with Gasteiger partial charge in [-0.25, -0.2) is 8.42 Å². The van der Waals surface area contributed by atoms with Gasteiger partial charge in [-0.2, -0.15) is 0 Å². The van der Waals surface area contributed by atoms with Crippen molar-refractivity contribution in [2.75, 3.05) is 23.7 Å². The molecule has 1 saturated carbocycles. The number of sulfonamides is 1. The van der Waals surface area contributed by atoms with Gasteiger partial charge in [-0.05, 0) is 85.7 Å². The number of para-hydroxylation sites is 2. The second kappa shape index (κ2) is 17.5. The summed E-state index contributed by atoms with van der Waals surface area (Å²) in [5.74, 6) is -0.567. The maximum Gasteiger partial charge on any atom is 0.264 e. The van der Waals surface area contributed by atoms with Crippen LogP contribution in [0.4, 0.5) is 5.69 Å². The standard InChI is InChI=1S/C38H41Cl2N3O5S2/c1-3-48-36-16-10-9-15-34(36)43(50(46,47)31-20-18-30(49-2)19-21-31)26-37(44)42(25-28-17-22-32(39)33(40)23-28)35(24-27-11-5-4-6-12-27)38(45)41-29-13-7-8-14-29/h4-6,9-12,15-23,29,35H,3,7-8,13-14,24-26H2,1-2H3,(H,41,45)/t35-/m1/s1. The fourth-order valence-electron chi connectivity index (χ4n) is 6.09. The summed E-state index contributed by atoms with van der Waals surface area (Å²) in [4.78, 5) is 31.4. The van der Waals surface area contributed by atoms with E-state index in [4.69, 9.17) is 27.9 Å². The van der Waals surface area contributed by atoms with Crippen molar-refractivity contribution >= 4 is 62.5 Å². The highest BCUT2D eigenvalue weighted by atomic mass is 35.5. The van der Waals surface area contributed by atoms with Gasteiger partial charge in [-0.3, -0.25) is 13.9 Å². The molecule has 0 bridgehead atoms. The monoisotopic (exact) mass is 753 g/mol. The molecule has 0 aromatic heterocycles. The molecule has 50 heavy (non-hydrogen) atoms. The number of halogens is 2. The van der Waals surface area contributed by atoms with E-state index in [0.29, 0.717) is 21.4 Å². The minimum atomic E-state index is -4.30. The van der Waals surface area contributed by atoms with Gasteiger partial charge in [0.25, 0.3) is 10.0 Å². The van der Waals surface area contributed by atoms with Gasteiger partial charge in [0.1, 0.15) is 18.3 Å². The summed E-state index contributed by atoms with van der Waals surface area (Å²) in [5.41, 5.74) is 1.70. The molecule has 2 amide bonds. The van der Waals surface area contributed by atoms with Crippen LogP contribution in [0.15, 0.2) is 107 Å². The molecule has 0 unspecified atom stereocenters. The Morgan fingerprint density at radius 3 is 2.24 bits per heavy atom. The van der Waals surface area contributed by atoms with Crippen LogP contribution in [-0.2, 0) is 32.6 Å². The number of carbonyl (C=O) groups excluding carboxylic acids is 2. The molecule has 1 aliphatic carbocycles. The highest BCUT2D eigenvalue weighted by molar-refractivity contribution is 7.98. The molecule has 0 saturated heterocycles. The van der Waals surface area contributed by atoms with E-state index < -0.39 is 28.5 Å². The molecular formula is C38H41Cl2N3O5S2. The van der Waals surface area contributed by atoms with Gasteiger partial charge >= 0.3 is 0 Å². The second-order valence-corrected chi connectivity index (χ2v) is 15.6. The van der Waals surface area contributed by atoms with Crippen molar-refractivity contribution in [3.63, 3.8) is 0 Å². The van der Waals surface area contributed by atoms with Crippen molar-refractivity contribution < 1.29 is 22.7 Å². The molecule has 12 heteroatoms. The lowest BCUT2D eigenvalue weighted by molar-refractivity contribution is -0.140. The zero-order valence-corrected chi connectivity index (χ0v) is 31.2. The number of hydrogen-bond acceptors (Lipinski definition) is 6. The van der Waals surface area contributed by atoms with Crippen molar-refractivity contribution in [2.45, 2.75) is 67.4 Å². The Kier molecular flexibility index (Phi) is 13.1. The summed E-state index contributed by atoms with van der Waals surface area (Å²) in [7, 11) is -4.30. The van der Waals surface area contributed by atoms with E-state index in [1.54, 1.807) is 61.5 Å². The maximum atomic E-state index is 14.8. The highest BCUT2D eigenvalue weighted by Crippen LogP contribution is 2.34. The zero-order valence-electron chi connectivity index (χ0n) is 28.1. The van der Waals surface area contributed by atoms with Gasteiger partial charge < -0.3 is 15.0 Å². The van der Waals surface area contributed by atoms with Crippen LogP contribution in [0.25, 0.3) is 0 Å². The number of rotatable bonds is 15. The van der Waals surface area contributed by atoms with E-state index in [1.807, 2.05) is 36.6 Å². The smallest absolute Gasteiger partial charge is 0.264 e. The number of amides is 2. The minimum Gasteiger partial charge on any atom is -0.492 e. The first kappa shape index (κ1) is 37.6. The third kappa shape index (κ3) is 9.34. The number of nitrogens with one attached hydrogen (secondary N) is 1. The fraction of sp³-hybridized carbons (Fsp3) is 0.316. The molecule has 0 radical (unpaired) electrons. The van der Waals surface area contributed by atoms with Gasteiger partial charge in [-0.1, -0.05) is 84.6 Å². The van der Waals surface area contributed by atoms with Gasteiger partial charge in [0.2, 0.25) is 11.8 Å². The topological polar surface area (TPSA) is 96.0 Å². The number of ether oxygens (including phenoxy) is 1. The summed E-state index contributed by atoms with van der Waals surface area (Å²) >= 11 is 14.1. The average molecular weight is 755 g/mol. The van der Waals surface area contributed by atoms with Crippen LogP contribution in [0.2, 0.25) is 10.0 Å². The van der Waals surface area contributed by atoms with Crippen molar-refractivity contribution in [2.24, 2.45) is 0 Å². The predicted molar refractivity (Wildman–Crippen MR) is 202 cm³/mol. The summed E-state index contributed by atoms with van der Waals surface area (Å²) < 4.78 is 35.9. The quantitative estimate of drug-likeness (QED) is 0.124. The third-order valence-electron chi connectivity index (χ3n) is 8.67. The summed E-state index contributed by atoms with van der Waals surface area (Å²) in [6, 6.07) is 26.8. The predicted octanol–water partition coefficient (Wildman–Crippen LogP) is 8.01. The first-order chi connectivity index (χ1) is 24.1. The molecule has 0 aliphatic heterocycles. The molecule has 1 N–H and O–H groups in total. The van der Waals surface area contributed by atoms with E-state index in [0.717, 1.165) is 40.4 Å². The normalized spacial score (nSPS) is 13.8. The van der Waals surface area contributed by atoms with E-state index in [2.05, 4.69) is 5.32 Å². The van der Waals surface area contributed by atoms with Crippen LogP contribution >= 0.6 is 35.0 Å². The zero-order chi connectivity index (χ0) is 35.7. The Morgan fingerprint density at radius 2 is 1.58 bits per heavy atom. The molecule has 8 nitrogen and oxygen atoms in total. The molecule has 1 atom stereocenters. The van der Waals surface area contributed by atoms with Crippen LogP contribution in [-0.4, -0.2) is 56.6 Å². The number of thioether (sulfide) groups is 1. The molecule has 5 rings (SSSR count). The number of carbonyl (C=O) groups is 2. The van der Waals surface area contributed by atoms with Crippen LogP contribution in [0.3, 0.4) is 0 Å². The van der Waals surface area contributed by atoms with Crippen molar-refractivity contribution in [3.05, 3.63) is 118 Å². The second-order valence-electron chi connectivity index (χ2n) is 12.1. The first-order valence-corrected chi connectivity index (χ1v) is 20.0. The largest absolute Gasteiger partial charge is 0.492 e. The van der Waals surface area contributed by atoms with Gasteiger partial charge in [0, 0.05) is 23.9 Å². The fourth-order valence-corrected chi connectivity index (χ4v) is 8.24. The van der Waals surface area contributed by atoms with Crippen molar-refractivity contribution in [1.29, 1.82) is 0 Å². The summed E-state index contributed by atoms with van der Waals surface area (Å²) in [6.45, 7) is 1.47. The number of nitrogens with zero attached hydrogens (tertiary/aromatic N) is 2. The van der Waals surface area contributed by atoms with Crippen LogP contribution in [0.5, 0.6) is 5.75 Å². The Hall–Kier alpha value is -3.70. The number of benzene rings is 4. The van der Waals surface area contributed by atoms with Crippen LogP contribution < -0.4 is 14.4 Å². The van der Waals surface area contributed by atoms with E-state index in [1.165, 1.54) is 28.8 Å². The molecule has 1 fully saturated rings. The average Bonchev–Trinajstić information content (AvgIpc) is 3.64. The van der Waals surface area contributed by atoms with E-state index in [-0.39, 0.29) is 42.1 Å². The van der Waals surface area contributed by atoms with Crippen LogP contribution in [0, 0.1) is 0 Å². The number of hydrogen-bond donors (Lipinski definition) is 1. The van der Waals surface area contributed by atoms with Crippen LogP contribution in [0.1, 0.15) is 43.7 Å². The molecular weight excluding hydrogens is 713 g/mol. The summed E-state index contributed by atoms with van der Waals surface area (Å²) in [6.07, 6.45) is 5.88. The SMILES string of the molecule is CCOc1ccccc1N(CC(=O)N(Cc1ccc(Cl)c(Cl)c1)[C@H](Cc1ccccc1)C(=O)NC1CCCC1)S(=O)(=O)c1ccc(SC)cc1. The van der Waals surface area contributed by atoms with Gasteiger partial charge in [-0.15, -0.1) is 11.8 Å². The minimum absolute atomic E-state index is 0.00176. The molecule has 0 heterocycles. The highest BCUT2D eigenvalue weighted by Gasteiger charge is 2.36. The van der Waals surface area contributed by atoms with E-state index in [9.17, 15) is 18.0 Å². The molecule has 4 aromatic rings. The maximum absolute atomic E-state index is 14.8. The van der Waals surface area contributed by atoms with Gasteiger partial charge in [0.05, 0.1) is 27.2 Å². The third-order valence-corrected chi connectivity index (χ3v) is 11.9. The van der Waals surface area contributed by atoms with Crippen molar-refractivity contribution in [1.82, 2.24) is 10.2 Å². The Bertz CT molecular complexity index is 1870. The van der Waals surface area contributed by atoms with Gasteiger partial charge in [0.15, 0.2) is 0 Å². The Labute approximate surface area is 309 Å². The lowest BCUT2D eigenvalue weighted by atomic mass is 10.0. The number of anilines is 1. The lowest BCUT2D eigenvalue weighted by Crippen LogP contribution is -2.54. The Balaban J connectivity index is 1.60. The first-order valence-electron chi connectivity index (χ1n) is 16.6. The molecule has 264 valence electrons. The summed E-state index contributed by atoms with van der Waals surface area (Å²) in [5, 5.41) is 3.84. The lowest BCUT2D eigenvalue weighted by Gasteiger charge is -2.34. The molecule has 4 aromatic carbocycles. The molecule has 0 spiro atoms. The van der Waals surface area contributed by atoms with E-state index >= 15 is 0 Å². The molecule has 1 aliphatic rings.